The molecule has 0 radical (unpaired) electrons. The van der Waals surface area contributed by atoms with E-state index in [4.69, 9.17) is 0 Å². The molecule has 2 unspecified atom stereocenters. The summed E-state index contributed by atoms with van der Waals surface area (Å²) >= 11 is 1.86. The smallest absolute Gasteiger partial charge is 0.0791 e. The molecule has 2 heterocycles. The maximum atomic E-state index is 10.2. The number of thiophene rings is 1. The number of nitrogens with one attached hydrogen (secondary N) is 1. The predicted octanol–water partition coefficient (Wildman–Crippen LogP) is 2.42. The average Bonchev–Trinajstić information content (AvgIpc) is 2.78. The van der Waals surface area contributed by atoms with Gasteiger partial charge in [0.1, 0.15) is 0 Å². The van der Waals surface area contributed by atoms with Gasteiger partial charge in [-0.25, -0.2) is 0 Å². The van der Waals surface area contributed by atoms with Crippen molar-refractivity contribution in [2.24, 2.45) is 0 Å². The van der Waals surface area contributed by atoms with Crippen LogP contribution in [-0.2, 0) is 6.42 Å². The normalized spacial score (nSPS) is 22.3. The Morgan fingerprint density at radius 1 is 1.53 bits per heavy atom. The highest BCUT2D eigenvalue weighted by Gasteiger charge is 2.26. The highest BCUT2D eigenvalue weighted by Crippen LogP contribution is 2.32. The zero-order valence-electron chi connectivity index (χ0n) is 12.4. The molecule has 0 bridgehead atoms. The predicted molar refractivity (Wildman–Crippen MR) is 81.8 cm³/mol. The van der Waals surface area contributed by atoms with Crippen LogP contribution in [0, 0.1) is 0 Å². The lowest BCUT2D eigenvalue weighted by Gasteiger charge is -2.35. The quantitative estimate of drug-likeness (QED) is 0.890. The Bertz CT molecular complexity index is 411. The number of fused-ring (bicyclic) bond motifs is 1. The first-order valence-corrected chi connectivity index (χ1v) is 7.98. The Kier molecular flexibility index (Phi) is 4.66. The van der Waals surface area contributed by atoms with E-state index < -0.39 is 0 Å². The van der Waals surface area contributed by atoms with Crippen molar-refractivity contribution >= 4 is 11.3 Å². The largest absolute Gasteiger partial charge is 0.390 e. The number of aliphatic hydroxyl groups excluding tert-OH is 1. The van der Waals surface area contributed by atoms with E-state index in [1.807, 2.05) is 11.3 Å². The summed E-state index contributed by atoms with van der Waals surface area (Å²) in [4.78, 5) is 3.91. The molecule has 0 amide bonds. The molecule has 2 atom stereocenters. The molecule has 1 aromatic heterocycles. The van der Waals surface area contributed by atoms with E-state index in [0.717, 1.165) is 19.5 Å². The summed E-state index contributed by atoms with van der Waals surface area (Å²) in [5.41, 5.74) is 1.52. The average molecular weight is 282 g/mol. The molecule has 1 aliphatic rings. The van der Waals surface area contributed by atoms with Crippen LogP contribution in [0.4, 0.5) is 0 Å². The number of hydrogen-bond acceptors (Lipinski definition) is 4. The van der Waals surface area contributed by atoms with E-state index in [0.29, 0.717) is 12.6 Å². The fourth-order valence-corrected chi connectivity index (χ4v) is 3.53. The van der Waals surface area contributed by atoms with Crippen LogP contribution in [0.25, 0.3) is 0 Å². The van der Waals surface area contributed by atoms with Gasteiger partial charge in [0.2, 0.25) is 0 Å². The third-order valence-electron chi connectivity index (χ3n) is 3.72. The molecule has 0 aromatic carbocycles. The van der Waals surface area contributed by atoms with Crippen LogP contribution in [0.15, 0.2) is 11.4 Å². The highest BCUT2D eigenvalue weighted by atomic mass is 32.1. The van der Waals surface area contributed by atoms with Gasteiger partial charge in [-0.3, -0.25) is 4.90 Å². The zero-order chi connectivity index (χ0) is 14.0. The minimum atomic E-state index is -0.304. The first-order valence-electron chi connectivity index (χ1n) is 7.10. The van der Waals surface area contributed by atoms with Crippen molar-refractivity contribution in [2.45, 2.75) is 51.8 Å². The molecular weight excluding hydrogens is 256 g/mol. The molecule has 0 saturated carbocycles. The second-order valence-electron chi connectivity index (χ2n) is 6.50. The number of β-amino-alcohol motifs (C(OH)–C–C–N with tert-alkyl or cyclic N) is 1. The van der Waals surface area contributed by atoms with Gasteiger partial charge in [-0.05, 0) is 51.1 Å². The van der Waals surface area contributed by atoms with Gasteiger partial charge < -0.3 is 10.4 Å². The third-order valence-corrected chi connectivity index (χ3v) is 4.71. The Morgan fingerprint density at radius 2 is 2.26 bits per heavy atom. The molecule has 2 rings (SSSR count). The fourth-order valence-electron chi connectivity index (χ4n) is 2.57. The van der Waals surface area contributed by atoms with Gasteiger partial charge in [0.25, 0.3) is 0 Å². The third kappa shape index (κ3) is 4.02. The topological polar surface area (TPSA) is 35.5 Å². The van der Waals surface area contributed by atoms with Crippen molar-refractivity contribution < 1.29 is 5.11 Å². The SMILES string of the molecule is CC1c2ccsc2CCN1CC(O)CNC(C)(C)C. The number of rotatable bonds is 4. The van der Waals surface area contributed by atoms with Gasteiger partial charge >= 0.3 is 0 Å². The van der Waals surface area contributed by atoms with E-state index in [-0.39, 0.29) is 11.6 Å². The minimum Gasteiger partial charge on any atom is -0.390 e. The second kappa shape index (κ2) is 5.92. The summed E-state index contributed by atoms with van der Waals surface area (Å²) in [5.74, 6) is 0. The van der Waals surface area contributed by atoms with Crippen molar-refractivity contribution in [3.8, 4) is 0 Å². The molecule has 0 saturated heterocycles. The lowest BCUT2D eigenvalue weighted by molar-refractivity contribution is 0.0820. The summed E-state index contributed by atoms with van der Waals surface area (Å²) < 4.78 is 0. The Hall–Kier alpha value is -0.420. The monoisotopic (exact) mass is 282 g/mol. The second-order valence-corrected chi connectivity index (χ2v) is 7.51. The van der Waals surface area contributed by atoms with Gasteiger partial charge in [0, 0.05) is 36.1 Å². The van der Waals surface area contributed by atoms with Crippen LogP contribution < -0.4 is 5.32 Å². The van der Waals surface area contributed by atoms with Crippen LogP contribution in [0.3, 0.4) is 0 Å². The van der Waals surface area contributed by atoms with Crippen LogP contribution >= 0.6 is 11.3 Å². The zero-order valence-corrected chi connectivity index (χ0v) is 13.3. The standard InChI is InChI=1S/C15H26N2OS/c1-11-13-6-8-19-14(13)5-7-17(11)10-12(18)9-16-15(2,3)4/h6,8,11-12,16,18H,5,7,9-10H2,1-4H3. The molecule has 4 heteroatoms. The summed E-state index contributed by atoms with van der Waals surface area (Å²) in [6.07, 6.45) is 0.818. The highest BCUT2D eigenvalue weighted by molar-refractivity contribution is 7.10. The summed E-state index contributed by atoms with van der Waals surface area (Å²) in [6, 6.07) is 2.66. The molecule has 108 valence electrons. The summed E-state index contributed by atoms with van der Waals surface area (Å²) in [7, 11) is 0. The van der Waals surface area contributed by atoms with Crippen LogP contribution in [0.2, 0.25) is 0 Å². The van der Waals surface area contributed by atoms with Crippen molar-refractivity contribution in [3.63, 3.8) is 0 Å². The van der Waals surface area contributed by atoms with Gasteiger partial charge in [-0.15, -0.1) is 11.3 Å². The van der Waals surface area contributed by atoms with Crippen molar-refractivity contribution in [1.82, 2.24) is 10.2 Å². The molecule has 3 nitrogen and oxygen atoms in total. The summed E-state index contributed by atoms with van der Waals surface area (Å²) in [5, 5.41) is 15.7. The molecule has 0 spiro atoms. The first kappa shape index (κ1) is 15.0. The van der Waals surface area contributed by atoms with E-state index >= 15 is 0 Å². The van der Waals surface area contributed by atoms with Crippen molar-refractivity contribution in [2.75, 3.05) is 19.6 Å². The maximum absolute atomic E-state index is 10.2. The Labute approximate surface area is 120 Å². The molecule has 1 aliphatic heterocycles. The molecule has 0 aliphatic carbocycles. The lowest BCUT2D eigenvalue weighted by atomic mass is 10.0. The lowest BCUT2D eigenvalue weighted by Crippen LogP contribution is -2.46. The van der Waals surface area contributed by atoms with Crippen LogP contribution in [0.1, 0.15) is 44.2 Å². The minimum absolute atomic E-state index is 0.0645. The van der Waals surface area contributed by atoms with Gasteiger partial charge in [0.05, 0.1) is 6.10 Å². The van der Waals surface area contributed by atoms with E-state index in [1.165, 1.54) is 10.4 Å². The number of hydrogen-bond donors (Lipinski definition) is 2. The first-order chi connectivity index (χ1) is 8.87. The molecular formula is C15H26N2OS. The maximum Gasteiger partial charge on any atom is 0.0791 e. The Morgan fingerprint density at radius 3 is 2.95 bits per heavy atom. The summed E-state index contributed by atoms with van der Waals surface area (Å²) in [6.45, 7) is 11.1. The van der Waals surface area contributed by atoms with E-state index in [9.17, 15) is 5.11 Å². The van der Waals surface area contributed by atoms with Crippen LogP contribution in [0.5, 0.6) is 0 Å². The van der Waals surface area contributed by atoms with Gasteiger partial charge in [-0.1, -0.05) is 0 Å². The van der Waals surface area contributed by atoms with E-state index in [2.05, 4.69) is 49.4 Å². The van der Waals surface area contributed by atoms with Crippen molar-refractivity contribution in [3.05, 3.63) is 21.9 Å². The number of aliphatic hydroxyl groups is 1. The number of nitrogens with zero attached hydrogens (tertiary/aromatic N) is 1. The van der Waals surface area contributed by atoms with E-state index in [1.54, 1.807) is 0 Å². The van der Waals surface area contributed by atoms with Gasteiger partial charge in [0.15, 0.2) is 0 Å². The molecule has 0 fully saturated rings. The molecule has 19 heavy (non-hydrogen) atoms. The molecule has 2 N–H and O–H groups in total. The molecule has 1 aromatic rings. The van der Waals surface area contributed by atoms with Crippen LogP contribution in [-0.4, -0.2) is 41.3 Å². The van der Waals surface area contributed by atoms with Crippen molar-refractivity contribution in [1.29, 1.82) is 0 Å². The fraction of sp³-hybridized carbons (Fsp3) is 0.733. The van der Waals surface area contributed by atoms with Gasteiger partial charge in [-0.2, -0.15) is 0 Å². The Balaban J connectivity index is 1.87.